The molecule has 0 saturated carbocycles. The van der Waals surface area contributed by atoms with E-state index in [0.717, 1.165) is 0 Å². The molecule has 2 aromatic rings. The Labute approximate surface area is 133 Å². The largest absolute Gasteiger partial charge is 0.345 e. The molecule has 0 fully saturated rings. The van der Waals surface area contributed by atoms with Crippen molar-refractivity contribution in [3.63, 3.8) is 0 Å². The van der Waals surface area contributed by atoms with Crippen LogP contribution in [0.1, 0.15) is 46.2 Å². The molecule has 0 aliphatic carbocycles. The lowest BCUT2D eigenvalue weighted by Gasteiger charge is -2.15. The predicted octanol–water partition coefficient (Wildman–Crippen LogP) is 3.29. The minimum atomic E-state index is -0.483. The van der Waals surface area contributed by atoms with Crippen molar-refractivity contribution in [1.82, 2.24) is 5.32 Å². The number of benzene rings is 2. The maximum absolute atomic E-state index is 12.4. The van der Waals surface area contributed by atoms with Crippen LogP contribution >= 0.6 is 0 Å². The molecular formula is C17H16N2O4. The molecular weight excluding hydrogens is 296 g/mol. The van der Waals surface area contributed by atoms with Gasteiger partial charge in [0.25, 0.3) is 11.6 Å². The van der Waals surface area contributed by atoms with Crippen LogP contribution in [-0.4, -0.2) is 16.6 Å². The fourth-order valence-corrected chi connectivity index (χ4v) is 2.25. The second kappa shape index (κ2) is 6.83. The van der Waals surface area contributed by atoms with Gasteiger partial charge in [-0.1, -0.05) is 30.3 Å². The van der Waals surface area contributed by atoms with Crippen LogP contribution in [0.2, 0.25) is 0 Å². The highest BCUT2D eigenvalue weighted by molar-refractivity contribution is 6.07. The van der Waals surface area contributed by atoms with Crippen molar-refractivity contribution >= 4 is 17.4 Å². The Morgan fingerprint density at radius 2 is 1.74 bits per heavy atom. The molecule has 0 aliphatic heterocycles. The highest BCUT2D eigenvalue weighted by Crippen LogP contribution is 2.20. The Morgan fingerprint density at radius 1 is 1.09 bits per heavy atom. The monoisotopic (exact) mass is 312 g/mol. The third kappa shape index (κ3) is 3.79. The summed E-state index contributed by atoms with van der Waals surface area (Å²) in [5, 5.41) is 13.6. The Morgan fingerprint density at radius 3 is 2.35 bits per heavy atom. The summed E-state index contributed by atoms with van der Waals surface area (Å²) < 4.78 is 0. The highest BCUT2D eigenvalue weighted by atomic mass is 16.6. The van der Waals surface area contributed by atoms with Gasteiger partial charge < -0.3 is 5.32 Å². The van der Waals surface area contributed by atoms with Crippen molar-refractivity contribution in [3.8, 4) is 0 Å². The topological polar surface area (TPSA) is 89.3 Å². The average Bonchev–Trinajstić information content (AvgIpc) is 2.54. The van der Waals surface area contributed by atoms with Gasteiger partial charge in [0, 0.05) is 17.7 Å². The van der Waals surface area contributed by atoms with Crippen LogP contribution in [0.25, 0.3) is 0 Å². The third-order valence-corrected chi connectivity index (χ3v) is 3.48. The third-order valence-electron chi connectivity index (χ3n) is 3.48. The van der Waals surface area contributed by atoms with E-state index >= 15 is 0 Å². The molecule has 2 rings (SSSR count). The van der Waals surface area contributed by atoms with Crippen molar-refractivity contribution in [2.24, 2.45) is 0 Å². The van der Waals surface area contributed by atoms with E-state index in [2.05, 4.69) is 5.32 Å². The van der Waals surface area contributed by atoms with Crippen LogP contribution in [0.3, 0.4) is 0 Å². The first kappa shape index (κ1) is 16.4. The Balaban J connectivity index is 2.22. The molecule has 1 atom stereocenters. The van der Waals surface area contributed by atoms with E-state index in [1.807, 2.05) is 0 Å². The molecule has 0 heterocycles. The van der Waals surface area contributed by atoms with Crippen molar-refractivity contribution in [3.05, 3.63) is 75.3 Å². The zero-order valence-electron chi connectivity index (χ0n) is 12.8. The second-order valence-corrected chi connectivity index (χ2v) is 5.15. The average molecular weight is 312 g/mol. The van der Waals surface area contributed by atoms with Gasteiger partial charge in [0.1, 0.15) is 0 Å². The normalized spacial score (nSPS) is 11.6. The number of carbonyl (C=O) groups excluding carboxylic acids is 2. The van der Waals surface area contributed by atoms with Crippen LogP contribution in [0.5, 0.6) is 0 Å². The molecule has 2 aromatic carbocycles. The number of nitro groups is 1. The van der Waals surface area contributed by atoms with Gasteiger partial charge in [-0.2, -0.15) is 0 Å². The number of nitrogens with zero attached hydrogens (tertiary/aromatic N) is 1. The number of non-ortho nitro benzene ring substituents is 1. The molecule has 0 radical (unpaired) electrons. The van der Waals surface area contributed by atoms with Crippen LogP contribution in [-0.2, 0) is 0 Å². The summed E-state index contributed by atoms with van der Waals surface area (Å²) >= 11 is 0. The first-order valence-electron chi connectivity index (χ1n) is 7.05. The van der Waals surface area contributed by atoms with Crippen molar-refractivity contribution in [2.45, 2.75) is 19.9 Å². The highest BCUT2D eigenvalue weighted by Gasteiger charge is 2.17. The minimum absolute atomic E-state index is 0.0345. The molecule has 1 N–H and O–H groups in total. The quantitative estimate of drug-likeness (QED) is 0.521. The number of hydrogen-bond acceptors (Lipinski definition) is 4. The molecule has 0 aromatic heterocycles. The lowest BCUT2D eigenvalue weighted by atomic mass is 10.0. The van der Waals surface area contributed by atoms with Crippen LogP contribution < -0.4 is 5.32 Å². The first-order valence-corrected chi connectivity index (χ1v) is 7.05. The molecule has 6 nitrogen and oxygen atoms in total. The Bertz CT molecular complexity index is 771. The molecule has 118 valence electrons. The maximum atomic E-state index is 12.4. The van der Waals surface area contributed by atoms with E-state index in [1.165, 1.54) is 19.1 Å². The molecule has 0 saturated heterocycles. The number of nitrogens with one attached hydrogen (secondary N) is 1. The van der Waals surface area contributed by atoms with Gasteiger partial charge in [-0.05, 0) is 25.5 Å². The van der Waals surface area contributed by atoms with Crippen molar-refractivity contribution in [2.75, 3.05) is 0 Å². The van der Waals surface area contributed by atoms with E-state index in [-0.39, 0.29) is 17.0 Å². The van der Waals surface area contributed by atoms with Crippen LogP contribution in [0.4, 0.5) is 5.69 Å². The number of rotatable bonds is 5. The summed E-state index contributed by atoms with van der Waals surface area (Å²) in [5.41, 5.74) is 1.22. The first-order chi connectivity index (χ1) is 10.9. The number of carbonyl (C=O) groups is 2. The van der Waals surface area contributed by atoms with E-state index in [4.69, 9.17) is 0 Å². The predicted molar refractivity (Wildman–Crippen MR) is 85.4 cm³/mol. The van der Waals surface area contributed by atoms with Gasteiger partial charge in [-0.3, -0.25) is 19.7 Å². The number of ketones is 1. The van der Waals surface area contributed by atoms with Gasteiger partial charge in [0.05, 0.1) is 16.5 Å². The van der Waals surface area contributed by atoms with Gasteiger partial charge in [0.15, 0.2) is 5.78 Å². The van der Waals surface area contributed by atoms with Gasteiger partial charge >= 0.3 is 0 Å². The van der Waals surface area contributed by atoms with Gasteiger partial charge in [-0.25, -0.2) is 0 Å². The molecule has 1 amide bonds. The van der Waals surface area contributed by atoms with Gasteiger partial charge in [0.2, 0.25) is 0 Å². The molecule has 23 heavy (non-hydrogen) atoms. The summed E-state index contributed by atoms with van der Waals surface area (Å²) in [6, 6.07) is 12.2. The van der Waals surface area contributed by atoms with Crippen molar-refractivity contribution < 1.29 is 14.5 Å². The zero-order chi connectivity index (χ0) is 17.0. The van der Waals surface area contributed by atoms with E-state index in [0.29, 0.717) is 11.1 Å². The summed E-state index contributed by atoms with van der Waals surface area (Å²) in [5.74, 6) is -0.589. The van der Waals surface area contributed by atoms with Gasteiger partial charge in [-0.15, -0.1) is 0 Å². The fraction of sp³-hybridized carbons (Fsp3) is 0.176. The minimum Gasteiger partial charge on any atom is -0.345 e. The number of hydrogen-bond donors (Lipinski definition) is 1. The van der Waals surface area contributed by atoms with E-state index in [9.17, 15) is 19.7 Å². The number of amides is 1. The van der Waals surface area contributed by atoms with Crippen LogP contribution in [0.15, 0.2) is 48.5 Å². The summed E-state index contributed by atoms with van der Waals surface area (Å²) in [6.07, 6.45) is 0. The molecule has 0 bridgehead atoms. The molecule has 0 unspecified atom stereocenters. The fourth-order valence-electron chi connectivity index (χ4n) is 2.25. The van der Waals surface area contributed by atoms with Crippen molar-refractivity contribution in [1.29, 1.82) is 0 Å². The lowest BCUT2D eigenvalue weighted by molar-refractivity contribution is -0.384. The summed E-state index contributed by atoms with van der Waals surface area (Å²) in [7, 11) is 0. The molecule has 6 heteroatoms. The molecule has 0 spiro atoms. The summed E-state index contributed by atoms with van der Waals surface area (Å²) in [6.45, 7) is 3.13. The SMILES string of the molecule is CC(=O)c1ccccc1C(=O)N[C@H](C)c1cccc([N+](=O)[O-])c1. The Kier molecular flexibility index (Phi) is 4.85. The van der Waals surface area contributed by atoms with E-state index < -0.39 is 16.9 Å². The summed E-state index contributed by atoms with van der Waals surface area (Å²) in [4.78, 5) is 34.3. The van der Waals surface area contributed by atoms with E-state index in [1.54, 1.807) is 43.3 Å². The lowest BCUT2D eigenvalue weighted by Crippen LogP contribution is -2.28. The Hall–Kier alpha value is -3.02. The number of Topliss-reactive ketones (excluding diaryl/α,β-unsaturated/α-hetero) is 1. The van der Waals surface area contributed by atoms with Crippen LogP contribution in [0, 0.1) is 10.1 Å². The number of nitro benzene ring substituents is 1. The smallest absolute Gasteiger partial charge is 0.269 e. The second-order valence-electron chi connectivity index (χ2n) is 5.15. The maximum Gasteiger partial charge on any atom is 0.269 e. The molecule has 0 aliphatic rings. The standard InChI is InChI=1S/C17H16N2O4/c1-11(13-6-5-7-14(10-13)19(22)23)18-17(21)16-9-4-3-8-15(16)12(2)20/h3-11H,1-2H3,(H,18,21)/t11-/m1/s1. The zero-order valence-corrected chi connectivity index (χ0v) is 12.8.